The Bertz CT molecular complexity index is 256. The summed E-state index contributed by atoms with van der Waals surface area (Å²) in [5.41, 5.74) is 12.6. The van der Waals surface area contributed by atoms with E-state index in [2.05, 4.69) is 13.8 Å². The van der Waals surface area contributed by atoms with Crippen LogP contribution in [0.4, 0.5) is 0 Å². The van der Waals surface area contributed by atoms with Crippen LogP contribution in [0.15, 0.2) is 0 Å². The summed E-state index contributed by atoms with van der Waals surface area (Å²) in [6.07, 6.45) is 11.8. The zero-order valence-electron chi connectivity index (χ0n) is 11.7. The molecule has 0 amide bonds. The van der Waals surface area contributed by atoms with Crippen molar-refractivity contribution in [2.75, 3.05) is 0 Å². The molecule has 2 atom stereocenters. The van der Waals surface area contributed by atoms with E-state index in [1.807, 2.05) is 0 Å². The Morgan fingerprint density at radius 1 is 0.941 bits per heavy atom. The maximum Gasteiger partial charge on any atom is 0.0694 e. The highest BCUT2D eigenvalue weighted by Crippen LogP contribution is 2.50. The maximum absolute atomic E-state index is 6.44. The maximum atomic E-state index is 6.44. The molecule has 2 saturated carbocycles. The number of rotatable bonds is 2. The first kappa shape index (κ1) is 13.4. The predicted octanol–water partition coefficient (Wildman–Crippen LogP) is 3.40. The quantitative estimate of drug-likeness (QED) is 0.724. The van der Waals surface area contributed by atoms with E-state index in [-0.39, 0.29) is 5.41 Å². The third kappa shape index (κ3) is 2.39. The molecule has 2 aliphatic rings. The summed E-state index contributed by atoms with van der Waals surface area (Å²) in [6.45, 7) is 4.77. The summed E-state index contributed by atoms with van der Waals surface area (Å²) in [6, 6.07) is 0. The van der Waals surface area contributed by atoms with Gasteiger partial charge in [0.2, 0.25) is 0 Å². The van der Waals surface area contributed by atoms with Gasteiger partial charge in [-0.25, -0.2) is 0 Å². The van der Waals surface area contributed by atoms with Gasteiger partial charge in [-0.1, -0.05) is 58.8 Å². The normalized spacial score (nSPS) is 36.7. The SMILES string of the molecule is CC(C1CCCCC1)C1(C)CCCCC1(N)N. The Labute approximate surface area is 107 Å². The Morgan fingerprint density at radius 2 is 1.53 bits per heavy atom. The van der Waals surface area contributed by atoms with Crippen molar-refractivity contribution in [3.63, 3.8) is 0 Å². The van der Waals surface area contributed by atoms with Crippen LogP contribution in [0.3, 0.4) is 0 Å². The highest BCUT2D eigenvalue weighted by molar-refractivity contribution is 5.02. The average Bonchev–Trinajstić information content (AvgIpc) is 2.33. The Balaban J connectivity index is 2.11. The smallest absolute Gasteiger partial charge is 0.0694 e. The Kier molecular flexibility index (Phi) is 3.84. The van der Waals surface area contributed by atoms with Gasteiger partial charge in [0, 0.05) is 5.41 Å². The van der Waals surface area contributed by atoms with Crippen molar-refractivity contribution in [2.24, 2.45) is 28.7 Å². The zero-order chi connectivity index (χ0) is 12.5. The molecule has 2 nitrogen and oxygen atoms in total. The molecule has 0 aromatic carbocycles. The van der Waals surface area contributed by atoms with Crippen LogP contribution in [-0.2, 0) is 0 Å². The zero-order valence-corrected chi connectivity index (χ0v) is 11.7. The summed E-state index contributed by atoms with van der Waals surface area (Å²) in [5.74, 6) is 1.54. The molecule has 2 heteroatoms. The summed E-state index contributed by atoms with van der Waals surface area (Å²) in [4.78, 5) is 0. The lowest BCUT2D eigenvalue weighted by Gasteiger charge is -2.53. The molecule has 2 unspecified atom stereocenters. The molecule has 2 aliphatic carbocycles. The second kappa shape index (κ2) is 4.89. The Hall–Kier alpha value is -0.0800. The Morgan fingerprint density at radius 3 is 2.12 bits per heavy atom. The average molecular weight is 238 g/mol. The number of hydrogen-bond donors (Lipinski definition) is 2. The first-order valence-corrected chi connectivity index (χ1v) is 7.55. The molecule has 0 aromatic rings. The van der Waals surface area contributed by atoms with Crippen molar-refractivity contribution in [3.05, 3.63) is 0 Å². The minimum atomic E-state index is -0.442. The van der Waals surface area contributed by atoms with E-state index in [9.17, 15) is 0 Å². The van der Waals surface area contributed by atoms with Crippen molar-refractivity contribution in [1.29, 1.82) is 0 Å². The van der Waals surface area contributed by atoms with E-state index in [1.165, 1.54) is 51.4 Å². The molecule has 0 radical (unpaired) electrons. The van der Waals surface area contributed by atoms with Crippen LogP contribution < -0.4 is 11.5 Å². The third-order valence-corrected chi connectivity index (χ3v) is 5.96. The topological polar surface area (TPSA) is 52.0 Å². The van der Waals surface area contributed by atoms with E-state index >= 15 is 0 Å². The molecule has 0 bridgehead atoms. The lowest BCUT2D eigenvalue weighted by Crippen LogP contribution is -2.65. The van der Waals surface area contributed by atoms with Gasteiger partial charge in [0.25, 0.3) is 0 Å². The van der Waals surface area contributed by atoms with E-state index in [1.54, 1.807) is 0 Å². The van der Waals surface area contributed by atoms with Crippen molar-refractivity contribution >= 4 is 0 Å². The van der Waals surface area contributed by atoms with E-state index in [0.29, 0.717) is 5.92 Å². The molecular formula is C15H30N2. The second-order valence-electron chi connectivity index (χ2n) is 6.85. The molecule has 17 heavy (non-hydrogen) atoms. The van der Waals surface area contributed by atoms with Crippen LogP contribution in [-0.4, -0.2) is 5.66 Å². The standard InChI is InChI=1S/C15H30N2/c1-12(13-8-4-3-5-9-13)14(2)10-6-7-11-15(14,16)17/h12-13H,3-11,16-17H2,1-2H3. The molecule has 0 heterocycles. The molecule has 4 N–H and O–H groups in total. The van der Waals surface area contributed by atoms with Crippen molar-refractivity contribution in [3.8, 4) is 0 Å². The fraction of sp³-hybridized carbons (Fsp3) is 1.00. The van der Waals surface area contributed by atoms with Gasteiger partial charge in [0.1, 0.15) is 0 Å². The van der Waals surface area contributed by atoms with Gasteiger partial charge >= 0.3 is 0 Å². The molecule has 0 aliphatic heterocycles. The van der Waals surface area contributed by atoms with Gasteiger partial charge in [-0.05, 0) is 24.7 Å². The lowest BCUT2D eigenvalue weighted by atomic mass is 9.57. The minimum absolute atomic E-state index is 0.146. The predicted molar refractivity (Wildman–Crippen MR) is 73.4 cm³/mol. The van der Waals surface area contributed by atoms with Gasteiger partial charge in [-0.3, -0.25) is 0 Å². The highest BCUT2D eigenvalue weighted by Gasteiger charge is 2.49. The summed E-state index contributed by atoms with van der Waals surface area (Å²) < 4.78 is 0. The van der Waals surface area contributed by atoms with E-state index < -0.39 is 5.66 Å². The van der Waals surface area contributed by atoms with Crippen LogP contribution in [0.2, 0.25) is 0 Å². The van der Waals surface area contributed by atoms with E-state index in [4.69, 9.17) is 11.5 Å². The summed E-state index contributed by atoms with van der Waals surface area (Å²) >= 11 is 0. The van der Waals surface area contributed by atoms with Gasteiger partial charge in [-0.15, -0.1) is 0 Å². The number of nitrogens with two attached hydrogens (primary N) is 2. The van der Waals surface area contributed by atoms with Crippen LogP contribution in [0.25, 0.3) is 0 Å². The summed E-state index contributed by atoms with van der Waals surface area (Å²) in [5, 5.41) is 0. The fourth-order valence-electron chi connectivity index (χ4n) is 4.23. The van der Waals surface area contributed by atoms with Crippen LogP contribution in [0.1, 0.15) is 71.6 Å². The number of hydrogen-bond acceptors (Lipinski definition) is 2. The van der Waals surface area contributed by atoms with Crippen molar-refractivity contribution in [1.82, 2.24) is 0 Å². The highest BCUT2D eigenvalue weighted by atomic mass is 15.0. The van der Waals surface area contributed by atoms with Crippen LogP contribution in [0, 0.1) is 17.3 Å². The molecule has 0 saturated heterocycles. The van der Waals surface area contributed by atoms with Gasteiger partial charge in [0.15, 0.2) is 0 Å². The van der Waals surface area contributed by atoms with Crippen molar-refractivity contribution in [2.45, 2.75) is 77.3 Å². The van der Waals surface area contributed by atoms with Gasteiger partial charge < -0.3 is 11.5 Å². The molecule has 0 spiro atoms. The summed E-state index contributed by atoms with van der Waals surface area (Å²) in [7, 11) is 0. The molecule has 2 fully saturated rings. The second-order valence-corrected chi connectivity index (χ2v) is 6.85. The molecule has 100 valence electrons. The van der Waals surface area contributed by atoms with Gasteiger partial charge in [-0.2, -0.15) is 0 Å². The lowest BCUT2D eigenvalue weighted by molar-refractivity contribution is -0.00818. The molecular weight excluding hydrogens is 208 g/mol. The third-order valence-electron chi connectivity index (χ3n) is 5.96. The molecule has 2 rings (SSSR count). The van der Waals surface area contributed by atoms with Crippen LogP contribution in [0.5, 0.6) is 0 Å². The molecule has 0 aromatic heterocycles. The van der Waals surface area contributed by atoms with Crippen molar-refractivity contribution < 1.29 is 0 Å². The largest absolute Gasteiger partial charge is 0.313 e. The first-order chi connectivity index (χ1) is 7.97. The van der Waals surface area contributed by atoms with Crippen LogP contribution >= 0.6 is 0 Å². The fourth-order valence-corrected chi connectivity index (χ4v) is 4.23. The van der Waals surface area contributed by atoms with Gasteiger partial charge in [0.05, 0.1) is 5.66 Å². The monoisotopic (exact) mass is 238 g/mol. The first-order valence-electron chi connectivity index (χ1n) is 7.55. The minimum Gasteiger partial charge on any atom is -0.313 e. The van der Waals surface area contributed by atoms with E-state index in [0.717, 1.165) is 12.3 Å².